The molecule has 1 saturated heterocycles. The van der Waals surface area contributed by atoms with Gasteiger partial charge >= 0.3 is 6.03 Å². The predicted octanol–water partition coefficient (Wildman–Crippen LogP) is 6.03. The number of rotatable bonds is 2. The number of carbonyl (C=O) groups excluding carboxylic acids is 2. The van der Waals surface area contributed by atoms with Gasteiger partial charge in [0.1, 0.15) is 5.75 Å². The van der Waals surface area contributed by atoms with Gasteiger partial charge in [-0.05, 0) is 55.6 Å². The number of urea groups is 1. The molecular formula is C23H19ClN2O3S. The van der Waals surface area contributed by atoms with Crippen LogP contribution in [0.1, 0.15) is 40.2 Å². The number of thiophene rings is 1. The van der Waals surface area contributed by atoms with Gasteiger partial charge in [-0.3, -0.25) is 14.6 Å². The number of anilines is 1. The van der Waals surface area contributed by atoms with Crippen molar-refractivity contribution >= 4 is 40.6 Å². The number of halogens is 1. The number of benzene rings is 2. The molecule has 0 aliphatic carbocycles. The third kappa shape index (κ3) is 2.90. The van der Waals surface area contributed by atoms with Crippen LogP contribution >= 0.6 is 22.9 Å². The fourth-order valence-electron chi connectivity index (χ4n) is 4.26. The molecule has 2 aliphatic rings. The summed E-state index contributed by atoms with van der Waals surface area (Å²) in [6.45, 7) is 3.88. The van der Waals surface area contributed by atoms with Crippen molar-refractivity contribution in [1.82, 2.24) is 4.90 Å². The van der Waals surface area contributed by atoms with E-state index < -0.39 is 17.8 Å². The lowest BCUT2D eigenvalue weighted by Crippen LogP contribution is -2.67. The number of aryl methyl sites for hydroxylation is 1. The highest BCUT2D eigenvalue weighted by atomic mass is 35.5. The number of ether oxygens (including phenoxy) is 1. The average Bonchev–Trinajstić information content (AvgIpc) is 3.24. The summed E-state index contributed by atoms with van der Waals surface area (Å²) in [5.74, 6) is 0.318. The number of fused-ring (bicyclic) bond motifs is 4. The van der Waals surface area contributed by atoms with Crippen LogP contribution in [0.5, 0.6) is 5.75 Å². The lowest BCUT2D eigenvalue weighted by Gasteiger charge is -2.53. The SMILES string of the molecule is Cc1ccc(N2C(=O)N(C(=O)c3cccs3)C3CC2(C)Oc2ccc(Cl)cc23)cc1. The summed E-state index contributed by atoms with van der Waals surface area (Å²) in [4.78, 5) is 30.7. The average molecular weight is 439 g/mol. The van der Waals surface area contributed by atoms with Gasteiger partial charge in [-0.15, -0.1) is 11.3 Å². The fraction of sp³-hybridized carbons (Fsp3) is 0.217. The maximum Gasteiger partial charge on any atom is 0.335 e. The van der Waals surface area contributed by atoms with Gasteiger partial charge in [-0.25, -0.2) is 4.79 Å². The van der Waals surface area contributed by atoms with Gasteiger partial charge < -0.3 is 4.74 Å². The van der Waals surface area contributed by atoms with E-state index >= 15 is 0 Å². The summed E-state index contributed by atoms with van der Waals surface area (Å²) in [6.07, 6.45) is 0.442. The van der Waals surface area contributed by atoms with Crippen molar-refractivity contribution < 1.29 is 14.3 Å². The standard InChI is InChI=1S/C23H19ClN2O3S/c1-14-5-8-16(9-6-14)26-22(28)25(21(27)20-4-3-11-30-20)18-13-23(26,2)29-19-10-7-15(24)12-17(18)19/h3-12,18H,13H2,1-2H3. The molecule has 3 heterocycles. The van der Waals surface area contributed by atoms with Crippen molar-refractivity contribution in [1.29, 1.82) is 0 Å². The summed E-state index contributed by atoms with van der Waals surface area (Å²) in [7, 11) is 0. The monoisotopic (exact) mass is 438 g/mol. The Kier molecular flexibility index (Phi) is 4.38. The Bertz CT molecular complexity index is 1150. The first-order valence-electron chi connectivity index (χ1n) is 9.64. The molecule has 2 aliphatic heterocycles. The number of amides is 3. The Labute approximate surface area is 183 Å². The minimum Gasteiger partial charge on any atom is -0.467 e. The molecule has 2 aromatic carbocycles. The first kappa shape index (κ1) is 19.2. The molecule has 0 saturated carbocycles. The van der Waals surface area contributed by atoms with Crippen LogP contribution in [0, 0.1) is 6.92 Å². The fourth-order valence-corrected chi connectivity index (χ4v) is 5.10. The molecule has 5 nitrogen and oxygen atoms in total. The molecule has 3 amide bonds. The Hall–Kier alpha value is -2.83. The second-order valence-corrected chi connectivity index (χ2v) is 9.17. The van der Waals surface area contributed by atoms with Crippen molar-refractivity contribution in [2.24, 2.45) is 0 Å². The first-order valence-corrected chi connectivity index (χ1v) is 10.9. The maximum atomic E-state index is 13.8. The van der Waals surface area contributed by atoms with Crippen LogP contribution in [0.15, 0.2) is 60.0 Å². The van der Waals surface area contributed by atoms with Crippen LogP contribution in [0.25, 0.3) is 0 Å². The van der Waals surface area contributed by atoms with Crippen LogP contribution in [-0.4, -0.2) is 22.6 Å². The molecular weight excluding hydrogens is 420 g/mol. The van der Waals surface area contributed by atoms with Gasteiger partial charge in [0.15, 0.2) is 5.72 Å². The summed E-state index contributed by atoms with van der Waals surface area (Å²) >= 11 is 7.56. The zero-order valence-electron chi connectivity index (χ0n) is 16.5. The quantitative estimate of drug-likeness (QED) is 0.490. The van der Waals surface area contributed by atoms with Gasteiger partial charge in [0, 0.05) is 22.7 Å². The molecule has 7 heteroatoms. The second-order valence-electron chi connectivity index (χ2n) is 7.79. The van der Waals surface area contributed by atoms with E-state index in [9.17, 15) is 9.59 Å². The molecule has 2 atom stereocenters. The number of hydrogen-bond donors (Lipinski definition) is 0. The summed E-state index contributed by atoms with van der Waals surface area (Å²) < 4.78 is 6.34. The minimum absolute atomic E-state index is 0.313. The maximum absolute atomic E-state index is 13.8. The van der Waals surface area contributed by atoms with Gasteiger partial charge in [0.25, 0.3) is 5.91 Å². The molecule has 152 valence electrons. The summed E-state index contributed by atoms with van der Waals surface area (Å²) in [6, 6.07) is 15.7. The van der Waals surface area contributed by atoms with Gasteiger partial charge in [0.2, 0.25) is 0 Å². The predicted molar refractivity (Wildman–Crippen MR) is 117 cm³/mol. The smallest absolute Gasteiger partial charge is 0.335 e. The van der Waals surface area contributed by atoms with Gasteiger partial charge in [0.05, 0.1) is 10.9 Å². The van der Waals surface area contributed by atoms with E-state index in [1.54, 1.807) is 29.2 Å². The van der Waals surface area contributed by atoms with Crippen LogP contribution in [0.3, 0.4) is 0 Å². The van der Waals surface area contributed by atoms with Crippen LogP contribution < -0.4 is 9.64 Å². The van der Waals surface area contributed by atoms with Crippen molar-refractivity contribution in [3.8, 4) is 5.75 Å². The topological polar surface area (TPSA) is 49.9 Å². The summed E-state index contributed by atoms with van der Waals surface area (Å²) in [5, 5.41) is 2.37. The molecule has 5 rings (SSSR count). The molecule has 2 unspecified atom stereocenters. The highest BCUT2D eigenvalue weighted by Gasteiger charge is 2.55. The minimum atomic E-state index is -0.927. The summed E-state index contributed by atoms with van der Waals surface area (Å²) in [5.41, 5.74) is 1.60. The Morgan fingerprint density at radius 3 is 2.67 bits per heavy atom. The van der Waals surface area contributed by atoms with Crippen LogP contribution in [0.4, 0.5) is 10.5 Å². The molecule has 0 spiro atoms. The Morgan fingerprint density at radius 2 is 1.97 bits per heavy atom. The molecule has 0 N–H and O–H groups in total. The number of nitrogens with zero attached hydrogens (tertiary/aromatic N) is 2. The van der Waals surface area contributed by atoms with E-state index in [1.165, 1.54) is 16.2 Å². The number of imide groups is 1. The lowest BCUT2D eigenvalue weighted by molar-refractivity contribution is 0.00284. The van der Waals surface area contributed by atoms with E-state index in [0.29, 0.717) is 27.8 Å². The normalized spacial score (nSPS) is 22.5. The largest absolute Gasteiger partial charge is 0.467 e. The van der Waals surface area contributed by atoms with E-state index in [2.05, 4.69) is 0 Å². The highest BCUT2D eigenvalue weighted by Crippen LogP contribution is 2.50. The van der Waals surface area contributed by atoms with E-state index in [0.717, 1.165) is 11.1 Å². The van der Waals surface area contributed by atoms with Gasteiger partial charge in [-0.1, -0.05) is 35.4 Å². The van der Waals surface area contributed by atoms with E-state index in [4.69, 9.17) is 16.3 Å². The molecule has 3 aromatic rings. The molecule has 1 fully saturated rings. The van der Waals surface area contributed by atoms with Gasteiger partial charge in [-0.2, -0.15) is 0 Å². The first-order chi connectivity index (χ1) is 14.4. The zero-order valence-corrected chi connectivity index (χ0v) is 18.0. The zero-order chi connectivity index (χ0) is 21.0. The third-order valence-corrected chi connectivity index (χ3v) is 6.75. The van der Waals surface area contributed by atoms with Crippen LogP contribution in [0.2, 0.25) is 5.02 Å². The lowest BCUT2D eigenvalue weighted by atomic mass is 9.88. The third-order valence-electron chi connectivity index (χ3n) is 5.66. The molecule has 0 radical (unpaired) electrons. The Balaban J connectivity index is 1.69. The van der Waals surface area contributed by atoms with Crippen molar-refractivity contribution in [2.45, 2.75) is 32.0 Å². The van der Waals surface area contributed by atoms with E-state index in [1.807, 2.05) is 49.6 Å². The number of carbonyl (C=O) groups is 2. The second kappa shape index (κ2) is 6.86. The molecule has 2 bridgehead atoms. The Morgan fingerprint density at radius 1 is 1.20 bits per heavy atom. The van der Waals surface area contributed by atoms with Crippen molar-refractivity contribution in [3.05, 3.63) is 81.0 Å². The number of hydrogen-bond acceptors (Lipinski definition) is 4. The van der Waals surface area contributed by atoms with Crippen molar-refractivity contribution in [3.63, 3.8) is 0 Å². The molecule has 1 aromatic heterocycles. The highest BCUT2D eigenvalue weighted by molar-refractivity contribution is 7.12. The molecule has 30 heavy (non-hydrogen) atoms. The van der Waals surface area contributed by atoms with Crippen molar-refractivity contribution in [2.75, 3.05) is 4.90 Å². The van der Waals surface area contributed by atoms with Crippen LogP contribution in [-0.2, 0) is 0 Å². The van der Waals surface area contributed by atoms with E-state index in [-0.39, 0.29) is 5.91 Å².